The predicted octanol–water partition coefficient (Wildman–Crippen LogP) is 3.90. The van der Waals surface area contributed by atoms with Crippen LogP contribution in [0.15, 0.2) is 83.9 Å². The Morgan fingerprint density at radius 3 is 2.73 bits per heavy atom. The summed E-state index contributed by atoms with van der Waals surface area (Å²) in [5.74, 6) is 0.553. The number of nitrogens with zero attached hydrogens (tertiary/aromatic N) is 1. The molecule has 5 rings (SSSR count). The number of anilines is 2. The maximum absolute atomic E-state index is 13.0. The fourth-order valence-corrected chi connectivity index (χ4v) is 5.91. The van der Waals surface area contributed by atoms with Crippen LogP contribution in [0.5, 0.6) is 0 Å². The summed E-state index contributed by atoms with van der Waals surface area (Å²) in [6.07, 6.45) is 0.955. The van der Waals surface area contributed by atoms with Crippen molar-refractivity contribution in [2.75, 3.05) is 29.1 Å². The molecule has 9 heteroatoms. The van der Waals surface area contributed by atoms with Gasteiger partial charge >= 0.3 is 6.03 Å². The molecule has 0 saturated heterocycles. The Morgan fingerprint density at radius 2 is 1.92 bits per heavy atom. The Hall–Kier alpha value is -3.66. The zero-order valence-electron chi connectivity index (χ0n) is 20.3. The molecule has 192 valence electrons. The monoisotopic (exact) mass is 518 g/mol. The van der Waals surface area contributed by atoms with Gasteiger partial charge in [-0.05, 0) is 46.8 Å². The van der Waals surface area contributed by atoms with Gasteiger partial charge in [0.25, 0.3) is 0 Å². The zero-order chi connectivity index (χ0) is 25.8. The van der Waals surface area contributed by atoms with Gasteiger partial charge in [-0.1, -0.05) is 42.5 Å². The van der Waals surface area contributed by atoms with E-state index < -0.39 is 35.6 Å². The first-order valence-corrected chi connectivity index (χ1v) is 13.6. The van der Waals surface area contributed by atoms with Crippen LogP contribution in [0.3, 0.4) is 0 Å². The van der Waals surface area contributed by atoms with Crippen molar-refractivity contribution in [1.29, 1.82) is 0 Å². The number of nitrogens with one attached hydrogen (secondary N) is 3. The van der Waals surface area contributed by atoms with Crippen LogP contribution >= 0.6 is 0 Å². The van der Waals surface area contributed by atoms with Gasteiger partial charge in [-0.15, -0.1) is 0 Å². The van der Waals surface area contributed by atoms with E-state index in [-0.39, 0.29) is 6.42 Å². The first-order chi connectivity index (χ1) is 18.0. The van der Waals surface area contributed by atoms with E-state index in [0.717, 1.165) is 32.6 Å². The molecule has 1 aliphatic heterocycles. The summed E-state index contributed by atoms with van der Waals surface area (Å²) in [6, 6.07) is 22.3. The highest BCUT2D eigenvalue weighted by Crippen LogP contribution is 2.33. The Kier molecular flexibility index (Phi) is 7.55. The molecule has 3 atom stereocenters. The summed E-state index contributed by atoms with van der Waals surface area (Å²) in [4.78, 5) is 19.0. The molecule has 1 aliphatic rings. The highest BCUT2D eigenvalue weighted by molar-refractivity contribution is 7.85. The van der Waals surface area contributed by atoms with Crippen molar-refractivity contribution in [3.05, 3.63) is 90.1 Å². The molecular formula is C28H30N4O4S. The second-order valence-corrected chi connectivity index (χ2v) is 10.7. The van der Waals surface area contributed by atoms with E-state index in [0.29, 0.717) is 24.5 Å². The number of aliphatic hydroxyl groups excluding tert-OH is 2. The van der Waals surface area contributed by atoms with Crippen LogP contribution in [0, 0.1) is 0 Å². The van der Waals surface area contributed by atoms with Crippen molar-refractivity contribution in [1.82, 2.24) is 10.3 Å². The molecule has 0 fully saturated rings. The van der Waals surface area contributed by atoms with Gasteiger partial charge in [0.15, 0.2) is 0 Å². The number of urea groups is 1. The summed E-state index contributed by atoms with van der Waals surface area (Å²) in [5.41, 5.74) is 4.30. The third-order valence-electron chi connectivity index (χ3n) is 6.57. The first-order valence-electron chi connectivity index (χ1n) is 12.2. The van der Waals surface area contributed by atoms with Crippen LogP contribution < -0.4 is 15.5 Å². The fraction of sp³-hybridized carbons (Fsp3) is 0.250. The molecule has 0 saturated carbocycles. The van der Waals surface area contributed by atoms with E-state index in [1.165, 1.54) is 0 Å². The van der Waals surface area contributed by atoms with Crippen LogP contribution in [0.25, 0.3) is 10.9 Å². The van der Waals surface area contributed by atoms with Crippen LogP contribution in [0.2, 0.25) is 0 Å². The van der Waals surface area contributed by atoms with Crippen LogP contribution in [0.4, 0.5) is 16.2 Å². The lowest BCUT2D eigenvalue weighted by Crippen LogP contribution is -2.36. The van der Waals surface area contributed by atoms with Gasteiger partial charge < -0.3 is 30.7 Å². The Balaban J connectivity index is 1.39. The maximum atomic E-state index is 13.0. The predicted molar refractivity (Wildman–Crippen MR) is 146 cm³/mol. The quantitative estimate of drug-likeness (QED) is 0.243. The smallest absolute Gasteiger partial charge is 0.319 e. The molecule has 0 aliphatic carbocycles. The van der Waals surface area contributed by atoms with E-state index in [9.17, 15) is 19.2 Å². The molecule has 2 amide bonds. The topological polar surface area (TPSA) is 118 Å². The number of hydrogen-bond donors (Lipinski definition) is 5. The number of rotatable bonds is 8. The zero-order valence-corrected chi connectivity index (χ0v) is 21.1. The summed E-state index contributed by atoms with van der Waals surface area (Å²) in [5, 5.41) is 26.6. The number of aromatic nitrogens is 1. The highest BCUT2D eigenvalue weighted by atomic mass is 32.2. The molecular weight excluding hydrogens is 488 g/mol. The number of aliphatic hydroxyl groups is 2. The summed E-state index contributed by atoms with van der Waals surface area (Å²) in [7, 11) is -1.11. The van der Waals surface area contributed by atoms with E-state index in [2.05, 4.69) is 32.7 Å². The highest BCUT2D eigenvalue weighted by Gasteiger charge is 2.26. The minimum atomic E-state index is -1.11. The molecule has 37 heavy (non-hydrogen) atoms. The molecule has 3 unspecified atom stereocenters. The molecule has 1 aromatic heterocycles. The Labute approximate surface area is 217 Å². The Bertz CT molecular complexity index is 1410. The third-order valence-corrected chi connectivity index (χ3v) is 7.96. The maximum Gasteiger partial charge on any atom is 0.319 e. The summed E-state index contributed by atoms with van der Waals surface area (Å²) in [6.45, 7) is 0.906. The summed E-state index contributed by atoms with van der Waals surface area (Å²) >= 11 is 0. The normalized spacial score (nSPS) is 16.7. The average Bonchev–Trinajstić information content (AvgIpc) is 3.38. The van der Waals surface area contributed by atoms with E-state index in [1.54, 1.807) is 0 Å². The molecule has 0 radical (unpaired) electrons. The van der Waals surface area contributed by atoms with Gasteiger partial charge in [-0.3, -0.25) is 4.21 Å². The molecule has 8 nitrogen and oxygen atoms in total. The third kappa shape index (κ3) is 5.85. The molecule has 0 bridgehead atoms. The van der Waals surface area contributed by atoms with E-state index in [4.69, 9.17) is 0 Å². The number of H-pyrrole nitrogens is 1. The molecule has 2 heterocycles. The van der Waals surface area contributed by atoms with Crippen molar-refractivity contribution < 1.29 is 19.2 Å². The van der Waals surface area contributed by atoms with Gasteiger partial charge in [0.1, 0.15) is 0 Å². The minimum absolute atomic E-state index is 0.125. The lowest BCUT2D eigenvalue weighted by Gasteiger charge is -2.32. The number of carbonyl (C=O) groups is 1. The lowest BCUT2D eigenvalue weighted by molar-refractivity contribution is 0.0801. The Morgan fingerprint density at radius 1 is 1.08 bits per heavy atom. The van der Waals surface area contributed by atoms with Crippen molar-refractivity contribution in [2.45, 2.75) is 30.0 Å². The van der Waals surface area contributed by atoms with Crippen LogP contribution in [0.1, 0.15) is 23.6 Å². The van der Waals surface area contributed by atoms with Crippen molar-refractivity contribution in [2.24, 2.45) is 0 Å². The van der Waals surface area contributed by atoms with Crippen molar-refractivity contribution >= 4 is 39.1 Å². The van der Waals surface area contributed by atoms with Crippen molar-refractivity contribution in [3.63, 3.8) is 0 Å². The number of amides is 2. The summed E-state index contributed by atoms with van der Waals surface area (Å²) < 4.78 is 12.8. The van der Waals surface area contributed by atoms with Gasteiger partial charge in [-0.2, -0.15) is 0 Å². The standard InChI is InChI=1S/C28H30N4O4S/c33-18-23(34)16-25(31-28(35)30-22-8-6-20-10-11-29-24(20)15-22)21-7-9-27-26(14-21)32(12-13-37(27)36)17-19-4-2-1-3-5-19/h1-11,14-15,23,25,29,33-34H,12-13,16-18H2,(H2,30,31,35). The molecule has 5 N–H and O–H groups in total. The van der Waals surface area contributed by atoms with Gasteiger partial charge in [0.05, 0.1) is 40.1 Å². The number of aromatic amines is 1. The molecule has 3 aromatic carbocycles. The second-order valence-electron chi connectivity index (χ2n) is 9.19. The molecule has 0 spiro atoms. The van der Waals surface area contributed by atoms with Crippen molar-refractivity contribution in [3.8, 4) is 0 Å². The first kappa shape index (κ1) is 25.0. The van der Waals surface area contributed by atoms with Gasteiger partial charge in [0.2, 0.25) is 0 Å². The van der Waals surface area contributed by atoms with E-state index in [1.807, 2.05) is 66.9 Å². The average molecular weight is 519 g/mol. The number of benzene rings is 3. The number of hydrogen-bond acceptors (Lipinski definition) is 5. The lowest BCUT2D eigenvalue weighted by atomic mass is 9.99. The SMILES string of the molecule is O=C(Nc1ccc2cc[nH]c2c1)NC(CC(O)CO)c1ccc2c(c1)N(Cc1ccccc1)CCS2=O. The van der Waals surface area contributed by atoms with Crippen LogP contribution in [-0.4, -0.2) is 50.4 Å². The minimum Gasteiger partial charge on any atom is -0.394 e. The largest absolute Gasteiger partial charge is 0.394 e. The van der Waals surface area contributed by atoms with Gasteiger partial charge in [0, 0.05) is 42.7 Å². The van der Waals surface area contributed by atoms with Crippen LogP contribution in [-0.2, 0) is 17.3 Å². The van der Waals surface area contributed by atoms with Gasteiger partial charge in [-0.25, -0.2) is 4.79 Å². The number of carbonyl (C=O) groups excluding carboxylic acids is 1. The second kappa shape index (κ2) is 11.2. The molecule has 4 aromatic rings. The number of fused-ring (bicyclic) bond motifs is 2. The van der Waals surface area contributed by atoms with E-state index >= 15 is 0 Å². The fourth-order valence-electron chi connectivity index (χ4n) is 4.66.